The maximum Gasteiger partial charge on any atom is 0.147 e. The molecular formula is C22H31N3S. The molecule has 3 nitrogen and oxygen atoms in total. The Morgan fingerprint density at radius 2 is 1.38 bits per heavy atom. The van der Waals surface area contributed by atoms with Crippen LogP contribution in [0.1, 0.15) is 88.1 Å². The van der Waals surface area contributed by atoms with E-state index < -0.39 is 0 Å². The Hall–Kier alpha value is -1.73. The third-order valence-electron chi connectivity index (χ3n) is 4.72. The minimum Gasteiger partial charge on any atom is -0.192 e. The van der Waals surface area contributed by atoms with Gasteiger partial charge in [0.25, 0.3) is 0 Å². The summed E-state index contributed by atoms with van der Waals surface area (Å²) < 4.78 is 0. The van der Waals surface area contributed by atoms with Gasteiger partial charge in [-0.3, -0.25) is 0 Å². The lowest BCUT2D eigenvalue weighted by atomic mass is 10.1. The van der Waals surface area contributed by atoms with Crippen LogP contribution in [0.2, 0.25) is 0 Å². The van der Waals surface area contributed by atoms with Crippen molar-refractivity contribution in [3.05, 3.63) is 34.8 Å². The SMILES string of the molecule is CCCCCCCCCCCCCc1nnc(-c2ccc(C#N)cc2)s1. The van der Waals surface area contributed by atoms with E-state index in [9.17, 15) is 0 Å². The molecule has 0 N–H and O–H groups in total. The van der Waals surface area contributed by atoms with Crippen LogP contribution in [0, 0.1) is 11.3 Å². The van der Waals surface area contributed by atoms with E-state index in [4.69, 9.17) is 5.26 Å². The second-order valence-electron chi connectivity index (χ2n) is 6.98. The summed E-state index contributed by atoms with van der Waals surface area (Å²) in [6, 6.07) is 9.71. The maximum absolute atomic E-state index is 8.86. The van der Waals surface area contributed by atoms with Crippen molar-refractivity contribution in [2.24, 2.45) is 0 Å². The molecule has 0 unspecified atom stereocenters. The normalized spacial score (nSPS) is 10.8. The van der Waals surface area contributed by atoms with Crippen molar-refractivity contribution in [1.82, 2.24) is 10.2 Å². The number of aromatic nitrogens is 2. The number of nitriles is 1. The molecule has 0 aliphatic heterocycles. The Morgan fingerprint density at radius 3 is 1.96 bits per heavy atom. The molecule has 0 saturated carbocycles. The van der Waals surface area contributed by atoms with Crippen molar-refractivity contribution in [2.45, 2.75) is 84.0 Å². The lowest BCUT2D eigenvalue weighted by Crippen LogP contribution is -1.86. The minimum atomic E-state index is 0.680. The summed E-state index contributed by atoms with van der Waals surface area (Å²) in [6.45, 7) is 2.27. The number of benzene rings is 1. The van der Waals surface area contributed by atoms with Gasteiger partial charge in [-0.05, 0) is 18.6 Å². The van der Waals surface area contributed by atoms with Crippen LogP contribution < -0.4 is 0 Å². The van der Waals surface area contributed by atoms with Gasteiger partial charge in [0.2, 0.25) is 0 Å². The third-order valence-corrected chi connectivity index (χ3v) is 5.75. The van der Waals surface area contributed by atoms with Crippen molar-refractivity contribution in [2.75, 3.05) is 0 Å². The predicted octanol–water partition coefficient (Wildman–Crippen LogP) is 6.93. The van der Waals surface area contributed by atoms with Gasteiger partial charge in [-0.15, -0.1) is 10.2 Å². The number of unbranched alkanes of at least 4 members (excludes halogenated alkanes) is 10. The van der Waals surface area contributed by atoms with Gasteiger partial charge in [-0.25, -0.2) is 0 Å². The molecule has 1 heterocycles. The number of hydrogen-bond donors (Lipinski definition) is 0. The van der Waals surface area contributed by atoms with Crippen LogP contribution in [0.25, 0.3) is 10.6 Å². The second kappa shape index (κ2) is 12.6. The van der Waals surface area contributed by atoms with Crippen molar-refractivity contribution < 1.29 is 0 Å². The molecule has 0 fully saturated rings. The molecule has 0 amide bonds. The molecule has 0 radical (unpaired) electrons. The zero-order valence-corrected chi connectivity index (χ0v) is 16.9. The minimum absolute atomic E-state index is 0.680. The number of rotatable bonds is 13. The molecule has 1 aromatic heterocycles. The van der Waals surface area contributed by atoms with Gasteiger partial charge in [0.1, 0.15) is 10.0 Å². The lowest BCUT2D eigenvalue weighted by Gasteiger charge is -2.01. The van der Waals surface area contributed by atoms with Crippen molar-refractivity contribution in [3.8, 4) is 16.6 Å². The molecule has 0 spiro atoms. The summed E-state index contributed by atoms with van der Waals surface area (Å²) in [5, 5.41) is 19.6. The molecule has 0 saturated heterocycles. The van der Waals surface area contributed by atoms with Crippen LogP contribution in [-0.4, -0.2) is 10.2 Å². The lowest BCUT2D eigenvalue weighted by molar-refractivity contribution is 0.549. The Labute approximate surface area is 162 Å². The molecule has 0 atom stereocenters. The molecule has 0 aliphatic carbocycles. The fraction of sp³-hybridized carbons (Fsp3) is 0.591. The van der Waals surface area contributed by atoms with E-state index in [2.05, 4.69) is 23.2 Å². The molecule has 2 rings (SSSR count). The molecule has 26 heavy (non-hydrogen) atoms. The van der Waals surface area contributed by atoms with Gasteiger partial charge >= 0.3 is 0 Å². The topological polar surface area (TPSA) is 49.6 Å². The monoisotopic (exact) mass is 369 g/mol. The van der Waals surface area contributed by atoms with Gasteiger partial charge in [0.15, 0.2) is 0 Å². The van der Waals surface area contributed by atoms with Crippen LogP contribution >= 0.6 is 11.3 Å². The van der Waals surface area contributed by atoms with Gasteiger partial charge < -0.3 is 0 Å². The second-order valence-corrected chi connectivity index (χ2v) is 8.04. The summed E-state index contributed by atoms with van der Waals surface area (Å²) >= 11 is 1.68. The van der Waals surface area contributed by atoms with Crippen LogP contribution in [0.5, 0.6) is 0 Å². The number of aryl methyl sites for hydroxylation is 1. The first-order valence-electron chi connectivity index (χ1n) is 10.2. The van der Waals surface area contributed by atoms with Crippen LogP contribution in [0.3, 0.4) is 0 Å². The van der Waals surface area contributed by atoms with E-state index in [0.29, 0.717) is 5.56 Å². The van der Waals surface area contributed by atoms with Crippen molar-refractivity contribution in [1.29, 1.82) is 5.26 Å². The average molecular weight is 370 g/mol. The van der Waals surface area contributed by atoms with Gasteiger partial charge in [-0.2, -0.15) is 5.26 Å². The first-order valence-corrected chi connectivity index (χ1v) is 11.0. The highest BCUT2D eigenvalue weighted by atomic mass is 32.1. The Bertz CT molecular complexity index is 655. The Kier molecular flexibility index (Phi) is 9.97. The van der Waals surface area contributed by atoms with Crippen LogP contribution in [-0.2, 0) is 6.42 Å². The highest BCUT2D eigenvalue weighted by Crippen LogP contribution is 2.24. The fourth-order valence-corrected chi connectivity index (χ4v) is 3.99. The van der Waals surface area contributed by atoms with E-state index in [0.717, 1.165) is 22.0 Å². The Balaban J connectivity index is 1.55. The fourth-order valence-electron chi connectivity index (χ4n) is 3.10. The first-order chi connectivity index (χ1) is 12.8. The van der Waals surface area contributed by atoms with Crippen molar-refractivity contribution >= 4 is 11.3 Å². The summed E-state index contributed by atoms with van der Waals surface area (Å²) in [4.78, 5) is 0. The Morgan fingerprint density at radius 1 is 0.808 bits per heavy atom. The summed E-state index contributed by atoms with van der Waals surface area (Å²) in [5.74, 6) is 0. The maximum atomic E-state index is 8.86. The van der Waals surface area contributed by atoms with Crippen molar-refractivity contribution in [3.63, 3.8) is 0 Å². The molecular weight excluding hydrogens is 338 g/mol. The van der Waals surface area contributed by atoms with Gasteiger partial charge in [-0.1, -0.05) is 94.6 Å². The third kappa shape index (κ3) is 7.66. The number of nitrogens with zero attached hydrogens (tertiary/aromatic N) is 3. The predicted molar refractivity (Wildman–Crippen MR) is 110 cm³/mol. The van der Waals surface area contributed by atoms with Crippen LogP contribution in [0.15, 0.2) is 24.3 Å². The first kappa shape index (κ1) is 20.6. The molecule has 0 bridgehead atoms. The quantitative estimate of drug-likeness (QED) is 0.360. The zero-order chi connectivity index (χ0) is 18.5. The molecule has 0 aliphatic rings. The highest BCUT2D eigenvalue weighted by molar-refractivity contribution is 7.14. The average Bonchev–Trinajstić information content (AvgIpc) is 3.15. The van der Waals surface area contributed by atoms with E-state index in [1.165, 1.54) is 70.6 Å². The summed E-state index contributed by atoms with van der Waals surface area (Å²) in [5.41, 5.74) is 1.73. The van der Waals surface area contributed by atoms with Gasteiger partial charge in [0.05, 0.1) is 11.6 Å². The summed E-state index contributed by atoms with van der Waals surface area (Å²) in [6.07, 6.45) is 16.1. The van der Waals surface area contributed by atoms with E-state index >= 15 is 0 Å². The molecule has 140 valence electrons. The number of hydrogen-bond acceptors (Lipinski definition) is 4. The van der Waals surface area contributed by atoms with Gasteiger partial charge in [0, 0.05) is 12.0 Å². The van der Waals surface area contributed by atoms with Crippen LogP contribution in [0.4, 0.5) is 0 Å². The summed E-state index contributed by atoms with van der Waals surface area (Å²) in [7, 11) is 0. The van der Waals surface area contributed by atoms with E-state index in [1.807, 2.05) is 24.3 Å². The largest absolute Gasteiger partial charge is 0.192 e. The molecule has 4 heteroatoms. The van der Waals surface area contributed by atoms with E-state index in [1.54, 1.807) is 11.3 Å². The highest BCUT2D eigenvalue weighted by Gasteiger charge is 2.06. The smallest absolute Gasteiger partial charge is 0.147 e. The molecule has 2 aromatic rings. The standard InChI is InChI=1S/C22H31N3S/c1-2-3-4-5-6-7-8-9-10-11-12-13-21-24-25-22(26-21)20-16-14-19(18-23)15-17-20/h14-17H,2-13H2,1H3. The molecule has 1 aromatic carbocycles. The zero-order valence-electron chi connectivity index (χ0n) is 16.0. The van der Waals surface area contributed by atoms with E-state index in [-0.39, 0.29) is 0 Å².